The monoisotopic (exact) mass is 406 g/mol. The van der Waals surface area contributed by atoms with Gasteiger partial charge in [0.15, 0.2) is 5.69 Å². The fourth-order valence-electron chi connectivity index (χ4n) is 3.66. The number of aromatic nitrogens is 2. The molecule has 148 valence electrons. The molecule has 1 unspecified atom stereocenters. The van der Waals surface area contributed by atoms with Crippen LogP contribution in [0.2, 0.25) is 0 Å². The maximum Gasteiger partial charge on any atom is 0.292 e. The van der Waals surface area contributed by atoms with Gasteiger partial charge in [0.05, 0.1) is 19.7 Å². The van der Waals surface area contributed by atoms with Crippen LogP contribution in [0, 0.1) is 12.1 Å². The predicted octanol–water partition coefficient (Wildman–Crippen LogP) is 4.20. The summed E-state index contributed by atoms with van der Waals surface area (Å²) in [6, 6.07) is 17.6. The van der Waals surface area contributed by atoms with Crippen molar-refractivity contribution in [2.75, 3.05) is 13.4 Å². The summed E-state index contributed by atoms with van der Waals surface area (Å²) in [4.78, 5) is 0.753. The normalized spacial score (nSPS) is 12.3. The SMILES string of the molecule is COc1ccc2cc(-c3c[n+]([O-])c(-c4ccc(S(C)=O)cc4C)n3C)ccc2c1. The highest BCUT2D eigenvalue weighted by atomic mass is 32.2. The molecule has 0 saturated heterocycles. The van der Waals surface area contributed by atoms with E-state index in [1.165, 1.54) is 0 Å². The zero-order chi connectivity index (χ0) is 20.7. The number of rotatable bonds is 4. The minimum absolute atomic E-state index is 0.556. The molecule has 29 heavy (non-hydrogen) atoms. The van der Waals surface area contributed by atoms with E-state index in [0.717, 1.165) is 48.5 Å². The molecule has 1 aromatic heterocycles. The Kier molecular flexibility index (Phi) is 4.88. The van der Waals surface area contributed by atoms with Crippen LogP contribution in [0.25, 0.3) is 33.4 Å². The summed E-state index contributed by atoms with van der Waals surface area (Å²) in [5.74, 6) is 1.37. The van der Waals surface area contributed by atoms with E-state index in [4.69, 9.17) is 4.74 Å². The van der Waals surface area contributed by atoms with Gasteiger partial charge in [-0.2, -0.15) is 0 Å². The van der Waals surface area contributed by atoms with Gasteiger partial charge in [0, 0.05) is 27.5 Å². The van der Waals surface area contributed by atoms with E-state index in [-0.39, 0.29) is 0 Å². The summed E-state index contributed by atoms with van der Waals surface area (Å²) in [6.07, 6.45) is 3.25. The van der Waals surface area contributed by atoms with Crippen LogP contribution in [0.1, 0.15) is 5.56 Å². The molecule has 0 aliphatic rings. The van der Waals surface area contributed by atoms with Crippen molar-refractivity contribution in [2.45, 2.75) is 11.8 Å². The molecule has 0 amide bonds. The van der Waals surface area contributed by atoms with Crippen LogP contribution in [-0.2, 0) is 17.8 Å². The van der Waals surface area contributed by atoms with Crippen molar-refractivity contribution in [2.24, 2.45) is 7.05 Å². The first-order chi connectivity index (χ1) is 13.9. The Labute approximate surface area is 172 Å². The summed E-state index contributed by atoms with van der Waals surface area (Å²) in [7, 11) is 2.49. The van der Waals surface area contributed by atoms with E-state index < -0.39 is 10.8 Å². The van der Waals surface area contributed by atoms with E-state index in [9.17, 15) is 9.42 Å². The molecule has 4 rings (SSSR count). The molecule has 1 heterocycles. The summed E-state index contributed by atoms with van der Waals surface area (Å²) in [5.41, 5.74) is 3.54. The van der Waals surface area contributed by atoms with Gasteiger partial charge in [0.25, 0.3) is 5.82 Å². The van der Waals surface area contributed by atoms with E-state index in [2.05, 4.69) is 6.07 Å². The second kappa shape index (κ2) is 7.37. The maximum atomic E-state index is 12.8. The standard InChI is InChI=1S/C23H22N2O3S/c1-15-11-20(29(4)27)9-10-21(15)23-24(2)22(14-25(23)26)18-6-5-17-13-19(28-3)8-7-16(17)12-18/h5-14H,1-4H3. The first-order valence-electron chi connectivity index (χ1n) is 9.20. The summed E-state index contributed by atoms with van der Waals surface area (Å²) in [6.45, 7) is 1.93. The van der Waals surface area contributed by atoms with Crippen molar-refractivity contribution in [1.29, 1.82) is 0 Å². The van der Waals surface area contributed by atoms with E-state index in [1.54, 1.807) is 19.6 Å². The smallest absolute Gasteiger partial charge is 0.292 e. The molecule has 0 N–H and O–H groups in total. The molecule has 3 aromatic carbocycles. The minimum Gasteiger partial charge on any atom is -0.710 e. The van der Waals surface area contributed by atoms with Crippen molar-refractivity contribution < 1.29 is 13.7 Å². The van der Waals surface area contributed by atoms with Crippen molar-refractivity contribution >= 4 is 21.6 Å². The van der Waals surface area contributed by atoms with Crippen LogP contribution >= 0.6 is 0 Å². The minimum atomic E-state index is -1.06. The summed E-state index contributed by atoms with van der Waals surface area (Å²) in [5, 5.41) is 14.9. The third-order valence-corrected chi connectivity index (χ3v) is 6.16. The molecule has 0 spiro atoms. The molecule has 6 heteroatoms. The zero-order valence-electron chi connectivity index (χ0n) is 16.8. The van der Waals surface area contributed by atoms with E-state index in [1.807, 2.05) is 67.1 Å². The van der Waals surface area contributed by atoms with Gasteiger partial charge in [-0.1, -0.05) is 12.1 Å². The van der Waals surface area contributed by atoms with Gasteiger partial charge in [-0.15, -0.1) is 0 Å². The molecular formula is C23H22N2O3S. The Hall–Kier alpha value is -3.12. The molecule has 4 aromatic rings. The lowest BCUT2D eigenvalue weighted by Gasteiger charge is -2.08. The number of hydrogen-bond acceptors (Lipinski definition) is 3. The van der Waals surface area contributed by atoms with E-state index in [0.29, 0.717) is 5.82 Å². The molecule has 0 fully saturated rings. The lowest BCUT2D eigenvalue weighted by Crippen LogP contribution is -2.27. The molecule has 0 aliphatic carbocycles. The Morgan fingerprint density at radius 1 is 1.03 bits per heavy atom. The average molecular weight is 407 g/mol. The fraction of sp³-hybridized carbons (Fsp3) is 0.174. The van der Waals surface area contributed by atoms with Crippen LogP contribution in [0.3, 0.4) is 0 Å². The molecule has 0 aliphatic heterocycles. The Balaban J connectivity index is 1.82. The topological polar surface area (TPSA) is 58.2 Å². The van der Waals surface area contributed by atoms with Gasteiger partial charge in [-0.05, 0) is 65.7 Å². The van der Waals surface area contributed by atoms with Gasteiger partial charge in [0.1, 0.15) is 11.9 Å². The fourth-order valence-corrected chi connectivity index (χ4v) is 4.27. The average Bonchev–Trinajstić information content (AvgIpc) is 3.01. The van der Waals surface area contributed by atoms with Crippen LogP contribution in [0.4, 0.5) is 0 Å². The van der Waals surface area contributed by atoms with Crippen LogP contribution in [0.15, 0.2) is 65.7 Å². The third-order valence-electron chi connectivity index (χ3n) is 5.24. The van der Waals surface area contributed by atoms with Crippen molar-refractivity contribution in [3.63, 3.8) is 0 Å². The number of imidazole rings is 1. The number of hydrogen-bond donors (Lipinski definition) is 0. The number of aryl methyl sites for hydroxylation is 1. The van der Waals surface area contributed by atoms with Gasteiger partial charge in [-0.25, -0.2) is 9.30 Å². The van der Waals surface area contributed by atoms with Gasteiger partial charge >= 0.3 is 0 Å². The third kappa shape index (κ3) is 3.40. The molecule has 0 bridgehead atoms. The highest BCUT2D eigenvalue weighted by Gasteiger charge is 2.22. The summed E-state index contributed by atoms with van der Waals surface area (Å²) < 4.78 is 19.8. The van der Waals surface area contributed by atoms with Crippen LogP contribution in [-0.4, -0.2) is 22.1 Å². The van der Waals surface area contributed by atoms with Crippen molar-refractivity contribution in [3.8, 4) is 28.4 Å². The van der Waals surface area contributed by atoms with Crippen molar-refractivity contribution in [3.05, 3.63) is 71.6 Å². The molecule has 0 saturated carbocycles. The van der Waals surface area contributed by atoms with Gasteiger partial charge < -0.3 is 9.94 Å². The van der Waals surface area contributed by atoms with E-state index >= 15 is 0 Å². The highest BCUT2D eigenvalue weighted by Crippen LogP contribution is 2.30. The molecule has 5 nitrogen and oxygen atoms in total. The Morgan fingerprint density at radius 2 is 1.76 bits per heavy atom. The molecule has 1 atom stereocenters. The van der Waals surface area contributed by atoms with Gasteiger partial charge in [-0.3, -0.25) is 4.21 Å². The first-order valence-corrected chi connectivity index (χ1v) is 10.8. The molecule has 0 radical (unpaired) electrons. The summed E-state index contributed by atoms with van der Waals surface area (Å²) >= 11 is 0. The second-order valence-corrected chi connectivity index (χ2v) is 8.46. The number of benzene rings is 3. The lowest BCUT2D eigenvalue weighted by atomic mass is 10.0. The predicted molar refractivity (Wildman–Crippen MR) is 116 cm³/mol. The van der Waals surface area contributed by atoms with Crippen LogP contribution < -0.4 is 9.47 Å². The highest BCUT2D eigenvalue weighted by molar-refractivity contribution is 7.84. The number of nitrogens with zero attached hydrogens (tertiary/aromatic N) is 2. The quantitative estimate of drug-likeness (QED) is 0.377. The molecular weight excluding hydrogens is 384 g/mol. The maximum absolute atomic E-state index is 12.8. The van der Waals surface area contributed by atoms with Gasteiger partial charge in [0.2, 0.25) is 0 Å². The number of fused-ring (bicyclic) bond motifs is 1. The largest absolute Gasteiger partial charge is 0.710 e. The number of ether oxygens (including phenoxy) is 1. The number of methoxy groups -OCH3 is 1. The first kappa shape index (κ1) is 19.2. The van der Waals surface area contributed by atoms with Crippen molar-refractivity contribution in [1.82, 2.24) is 4.57 Å². The zero-order valence-corrected chi connectivity index (χ0v) is 17.6. The second-order valence-electron chi connectivity index (χ2n) is 7.08. The lowest BCUT2D eigenvalue weighted by molar-refractivity contribution is -0.592. The van der Waals surface area contributed by atoms with Crippen LogP contribution in [0.5, 0.6) is 5.75 Å². The Morgan fingerprint density at radius 3 is 2.45 bits per heavy atom. The Bertz CT molecular complexity index is 1260.